The van der Waals surface area contributed by atoms with Gasteiger partial charge in [-0.1, -0.05) is 42.3 Å². The van der Waals surface area contributed by atoms with E-state index >= 15 is 0 Å². The van der Waals surface area contributed by atoms with E-state index in [2.05, 4.69) is 10.6 Å². The van der Waals surface area contributed by atoms with E-state index in [9.17, 15) is 18.0 Å². The molecule has 2 aromatic carbocycles. The lowest BCUT2D eigenvalue weighted by Gasteiger charge is -2.34. The molecule has 1 fully saturated rings. The lowest BCUT2D eigenvalue weighted by atomic mass is 10.0. The maximum atomic E-state index is 13.1. The van der Waals surface area contributed by atoms with Gasteiger partial charge in [-0.2, -0.15) is 4.31 Å². The van der Waals surface area contributed by atoms with Crippen molar-refractivity contribution in [2.75, 3.05) is 18.4 Å². The van der Waals surface area contributed by atoms with Crippen LogP contribution in [0.5, 0.6) is 0 Å². The number of para-hydroxylation sites is 1. The van der Waals surface area contributed by atoms with E-state index in [1.54, 1.807) is 40.7 Å². The van der Waals surface area contributed by atoms with Crippen LogP contribution in [-0.4, -0.2) is 43.7 Å². The Hall–Kier alpha value is -2.71. The molecule has 0 bridgehead atoms. The largest absolute Gasteiger partial charge is 0.348 e. The summed E-state index contributed by atoms with van der Waals surface area (Å²) in [4.78, 5) is 24.6. The monoisotopic (exact) mass is 443 g/mol. The molecule has 1 aliphatic heterocycles. The third kappa shape index (κ3) is 5.71. The van der Waals surface area contributed by atoms with Gasteiger partial charge in [0.05, 0.1) is 4.90 Å². The second-order valence-electron chi connectivity index (χ2n) is 7.89. The average Bonchev–Trinajstić information content (AvgIpc) is 2.76. The molecule has 0 aromatic heterocycles. The summed E-state index contributed by atoms with van der Waals surface area (Å²) in [6.45, 7) is 4.45. The summed E-state index contributed by atoms with van der Waals surface area (Å²) in [5, 5.41) is 5.22. The number of amides is 2. The SMILES string of the molecule is Cc1ccc(S(=O)(=O)N2CCCCC2CCNC(=O)C(=O)Nc2ccccc2C)cc1. The fraction of sp³-hybridized carbons (Fsp3) is 0.391. The van der Waals surface area contributed by atoms with Crippen LogP contribution in [0.4, 0.5) is 5.69 Å². The fourth-order valence-corrected chi connectivity index (χ4v) is 5.47. The van der Waals surface area contributed by atoms with Gasteiger partial charge in [-0.3, -0.25) is 9.59 Å². The van der Waals surface area contributed by atoms with Crippen LogP contribution >= 0.6 is 0 Å². The van der Waals surface area contributed by atoms with Crippen LogP contribution in [0.3, 0.4) is 0 Å². The highest BCUT2D eigenvalue weighted by Gasteiger charge is 2.33. The van der Waals surface area contributed by atoms with E-state index in [0.29, 0.717) is 18.7 Å². The molecule has 8 heteroatoms. The summed E-state index contributed by atoms with van der Waals surface area (Å²) in [7, 11) is -3.60. The number of sulfonamides is 1. The van der Waals surface area contributed by atoms with Crippen molar-refractivity contribution >= 4 is 27.5 Å². The number of carbonyl (C=O) groups excluding carboxylic acids is 2. The van der Waals surface area contributed by atoms with E-state index in [0.717, 1.165) is 30.4 Å². The molecule has 7 nitrogen and oxygen atoms in total. The normalized spacial score (nSPS) is 17.2. The molecule has 166 valence electrons. The van der Waals surface area contributed by atoms with Crippen molar-refractivity contribution in [3.8, 4) is 0 Å². The van der Waals surface area contributed by atoms with Gasteiger partial charge >= 0.3 is 11.8 Å². The van der Waals surface area contributed by atoms with E-state index in [4.69, 9.17) is 0 Å². The minimum absolute atomic E-state index is 0.209. The molecule has 2 aromatic rings. The minimum atomic E-state index is -3.60. The molecule has 1 heterocycles. The zero-order chi connectivity index (χ0) is 22.4. The number of anilines is 1. The molecule has 31 heavy (non-hydrogen) atoms. The zero-order valence-electron chi connectivity index (χ0n) is 17.9. The van der Waals surface area contributed by atoms with Crippen molar-refractivity contribution in [1.29, 1.82) is 0 Å². The van der Waals surface area contributed by atoms with Gasteiger partial charge in [0.25, 0.3) is 0 Å². The highest BCUT2D eigenvalue weighted by molar-refractivity contribution is 7.89. The van der Waals surface area contributed by atoms with Crippen molar-refractivity contribution in [3.63, 3.8) is 0 Å². The standard InChI is InChI=1S/C23H29N3O4S/c1-17-10-12-20(13-11-17)31(29,30)26-16-6-5-8-19(26)14-15-24-22(27)23(28)25-21-9-4-3-7-18(21)2/h3-4,7,9-13,19H,5-6,8,14-16H2,1-2H3,(H,24,27)(H,25,28). The van der Waals surface area contributed by atoms with E-state index in [1.165, 1.54) is 0 Å². The van der Waals surface area contributed by atoms with Crippen molar-refractivity contribution in [2.24, 2.45) is 0 Å². The fourth-order valence-electron chi connectivity index (χ4n) is 3.75. The third-order valence-electron chi connectivity index (χ3n) is 5.56. The van der Waals surface area contributed by atoms with E-state index in [1.807, 2.05) is 26.0 Å². The number of hydrogen-bond donors (Lipinski definition) is 2. The number of hydrogen-bond acceptors (Lipinski definition) is 4. The van der Waals surface area contributed by atoms with E-state index in [-0.39, 0.29) is 17.5 Å². The van der Waals surface area contributed by atoms with Crippen LogP contribution < -0.4 is 10.6 Å². The molecule has 1 saturated heterocycles. The van der Waals surface area contributed by atoms with Gasteiger partial charge in [0.2, 0.25) is 10.0 Å². The van der Waals surface area contributed by atoms with Crippen molar-refractivity contribution in [2.45, 2.75) is 50.5 Å². The Kier molecular flexibility index (Phi) is 7.46. The van der Waals surface area contributed by atoms with Crippen LogP contribution in [0.2, 0.25) is 0 Å². The molecule has 0 aliphatic carbocycles. The smallest absolute Gasteiger partial charge is 0.313 e. The molecule has 0 spiro atoms. The van der Waals surface area contributed by atoms with Gasteiger partial charge in [-0.15, -0.1) is 0 Å². The maximum Gasteiger partial charge on any atom is 0.313 e. The van der Waals surface area contributed by atoms with Crippen LogP contribution in [0.1, 0.15) is 36.8 Å². The molecule has 1 aliphatic rings. The van der Waals surface area contributed by atoms with Crippen LogP contribution in [0, 0.1) is 13.8 Å². The highest BCUT2D eigenvalue weighted by atomic mass is 32.2. The molecule has 1 atom stereocenters. The summed E-state index contributed by atoms with van der Waals surface area (Å²) in [5.74, 6) is -1.46. The summed E-state index contributed by atoms with van der Waals surface area (Å²) in [6.07, 6.45) is 2.93. The number of aryl methyl sites for hydroxylation is 2. The van der Waals surface area contributed by atoms with Gasteiger partial charge in [0, 0.05) is 24.8 Å². The lowest BCUT2D eigenvalue weighted by Crippen LogP contribution is -2.45. The number of carbonyl (C=O) groups is 2. The second kappa shape index (κ2) is 10.1. The molecule has 1 unspecified atom stereocenters. The summed E-state index contributed by atoms with van der Waals surface area (Å²) in [6, 6.07) is 13.9. The number of piperidine rings is 1. The molecular weight excluding hydrogens is 414 g/mol. The van der Waals surface area contributed by atoms with Gasteiger partial charge < -0.3 is 10.6 Å². The highest BCUT2D eigenvalue weighted by Crippen LogP contribution is 2.27. The molecule has 0 radical (unpaired) electrons. The molecule has 3 rings (SSSR count). The first kappa shape index (κ1) is 23.0. The zero-order valence-corrected chi connectivity index (χ0v) is 18.7. The Morgan fingerprint density at radius 1 is 1.00 bits per heavy atom. The summed E-state index contributed by atoms with van der Waals surface area (Å²) in [5.41, 5.74) is 2.45. The predicted octanol–water partition coefficient (Wildman–Crippen LogP) is 2.99. The topological polar surface area (TPSA) is 95.6 Å². The van der Waals surface area contributed by atoms with Crippen molar-refractivity contribution in [3.05, 3.63) is 59.7 Å². The van der Waals surface area contributed by atoms with Crippen molar-refractivity contribution in [1.82, 2.24) is 9.62 Å². The average molecular weight is 444 g/mol. The third-order valence-corrected chi connectivity index (χ3v) is 7.53. The summed E-state index contributed by atoms with van der Waals surface area (Å²) < 4.78 is 27.8. The molecule has 0 saturated carbocycles. The number of nitrogens with one attached hydrogen (secondary N) is 2. The van der Waals surface area contributed by atoms with Crippen LogP contribution in [-0.2, 0) is 19.6 Å². The molecule has 2 amide bonds. The first-order chi connectivity index (χ1) is 14.8. The Morgan fingerprint density at radius 3 is 2.42 bits per heavy atom. The Labute approximate surface area is 183 Å². The van der Waals surface area contributed by atoms with Crippen molar-refractivity contribution < 1.29 is 18.0 Å². The van der Waals surface area contributed by atoms with Gasteiger partial charge in [-0.05, 0) is 56.9 Å². The minimum Gasteiger partial charge on any atom is -0.348 e. The second-order valence-corrected chi connectivity index (χ2v) is 9.78. The Balaban J connectivity index is 1.58. The predicted molar refractivity (Wildman–Crippen MR) is 120 cm³/mol. The first-order valence-electron chi connectivity index (χ1n) is 10.5. The van der Waals surface area contributed by atoms with Gasteiger partial charge in [0.1, 0.15) is 0 Å². The maximum absolute atomic E-state index is 13.1. The number of rotatable bonds is 6. The number of benzene rings is 2. The molecule has 2 N–H and O–H groups in total. The van der Waals surface area contributed by atoms with Crippen LogP contribution in [0.15, 0.2) is 53.4 Å². The number of nitrogens with zero attached hydrogens (tertiary/aromatic N) is 1. The van der Waals surface area contributed by atoms with Crippen LogP contribution in [0.25, 0.3) is 0 Å². The molecular formula is C23H29N3O4S. The van der Waals surface area contributed by atoms with E-state index < -0.39 is 21.8 Å². The van der Waals surface area contributed by atoms with Gasteiger partial charge in [-0.25, -0.2) is 8.42 Å². The Bertz CT molecular complexity index is 1040. The van der Waals surface area contributed by atoms with Gasteiger partial charge in [0.15, 0.2) is 0 Å². The quantitative estimate of drug-likeness (QED) is 0.671. The first-order valence-corrected chi connectivity index (χ1v) is 12.0. The summed E-state index contributed by atoms with van der Waals surface area (Å²) >= 11 is 0. The lowest BCUT2D eigenvalue weighted by molar-refractivity contribution is -0.136. The Morgan fingerprint density at radius 2 is 1.71 bits per heavy atom.